The van der Waals surface area contributed by atoms with Crippen LogP contribution in [-0.2, 0) is 6.42 Å². The Labute approximate surface area is 180 Å². The molecule has 0 bridgehead atoms. The fourth-order valence-corrected chi connectivity index (χ4v) is 3.78. The van der Waals surface area contributed by atoms with E-state index in [4.69, 9.17) is 0 Å². The SMILES string of the molecule is Cc1cc(C(=O)N[C@H](C)CCc2ccccc2)c2c(C)nn(-c3cccc(F)c3)c2n1. The van der Waals surface area contributed by atoms with Gasteiger partial charge in [0.1, 0.15) is 5.82 Å². The summed E-state index contributed by atoms with van der Waals surface area (Å²) in [5.41, 5.74) is 4.28. The van der Waals surface area contributed by atoms with Gasteiger partial charge in [0, 0.05) is 11.7 Å². The molecular weight excluding hydrogens is 391 g/mol. The fraction of sp³-hybridized carbons (Fsp3) is 0.240. The molecule has 0 saturated carbocycles. The molecule has 6 heteroatoms. The summed E-state index contributed by atoms with van der Waals surface area (Å²) in [6, 6.07) is 18.2. The number of nitrogens with zero attached hydrogens (tertiary/aromatic N) is 3. The summed E-state index contributed by atoms with van der Waals surface area (Å²) in [4.78, 5) is 17.7. The van der Waals surface area contributed by atoms with Crippen LogP contribution in [0.4, 0.5) is 4.39 Å². The van der Waals surface area contributed by atoms with E-state index >= 15 is 0 Å². The number of carbonyl (C=O) groups excluding carboxylic acids is 1. The van der Waals surface area contributed by atoms with Gasteiger partial charge in [-0.2, -0.15) is 5.10 Å². The number of hydrogen-bond acceptors (Lipinski definition) is 3. The minimum atomic E-state index is -0.350. The van der Waals surface area contributed by atoms with Gasteiger partial charge < -0.3 is 5.32 Å². The number of rotatable bonds is 6. The highest BCUT2D eigenvalue weighted by atomic mass is 19.1. The highest BCUT2D eigenvalue weighted by molar-refractivity contribution is 6.06. The van der Waals surface area contributed by atoms with Crippen molar-refractivity contribution in [3.8, 4) is 5.69 Å². The Morgan fingerprint density at radius 1 is 1.10 bits per heavy atom. The van der Waals surface area contributed by atoms with Crippen LogP contribution < -0.4 is 5.32 Å². The van der Waals surface area contributed by atoms with Gasteiger partial charge in [0.25, 0.3) is 5.91 Å². The molecule has 0 radical (unpaired) electrons. The Morgan fingerprint density at radius 2 is 1.87 bits per heavy atom. The maximum atomic E-state index is 13.8. The number of nitrogens with one attached hydrogen (secondary N) is 1. The number of carbonyl (C=O) groups is 1. The van der Waals surface area contributed by atoms with E-state index in [1.54, 1.807) is 22.9 Å². The van der Waals surface area contributed by atoms with E-state index in [-0.39, 0.29) is 17.8 Å². The summed E-state index contributed by atoms with van der Waals surface area (Å²) in [6.07, 6.45) is 1.73. The second-order valence-electron chi connectivity index (χ2n) is 7.89. The van der Waals surface area contributed by atoms with Gasteiger partial charge in [-0.05, 0) is 63.4 Å². The van der Waals surface area contributed by atoms with E-state index in [0.717, 1.165) is 12.8 Å². The van der Waals surface area contributed by atoms with Gasteiger partial charge in [-0.15, -0.1) is 0 Å². The second-order valence-corrected chi connectivity index (χ2v) is 7.89. The number of aryl methyl sites for hydroxylation is 3. The Bertz CT molecular complexity index is 1230. The Morgan fingerprint density at radius 3 is 2.61 bits per heavy atom. The molecule has 5 nitrogen and oxygen atoms in total. The standard InChI is InChI=1S/C25H25FN4O/c1-16(12-13-19-8-5-4-6-9-19)28-25(31)22-14-17(2)27-24-23(22)18(3)29-30(24)21-11-7-10-20(26)15-21/h4-11,14-16H,12-13H2,1-3H3,(H,28,31)/t16-/m1/s1. The van der Waals surface area contributed by atoms with Crippen molar-refractivity contribution in [3.63, 3.8) is 0 Å². The predicted octanol–water partition coefficient (Wildman–Crippen LogP) is 4.93. The molecule has 1 amide bonds. The molecule has 158 valence electrons. The zero-order valence-corrected chi connectivity index (χ0v) is 17.9. The Balaban J connectivity index is 1.62. The summed E-state index contributed by atoms with van der Waals surface area (Å²) in [5.74, 6) is -0.505. The molecule has 1 atom stereocenters. The van der Waals surface area contributed by atoms with Crippen LogP contribution in [0.25, 0.3) is 16.7 Å². The third-order valence-electron chi connectivity index (χ3n) is 5.32. The second kappa shape index (κ2) is 8.68. The number of benzene rings is 2. The summed E-state index contributed by atoms with van der Waals surface area (Å²) < 4.78 is 15.4. The molecule has 0 unspecified atom stereocenters. The van der Waals surface area contributed by atoms with Gasteiger partial charge in [0.15, 0.2) is 5.65 Å². The molecule has 4 rings (SSSR count). The van der Waals surface area contributed by atoms with Crippen LogP contribution in [-0.4, -0.2) is 26.7 Å². The summed E-state index contributed by atoms with van der Waals surface area (Å²) >= 11 is 0. The number of pyridine rings is 1. The van der Waals surface area contributed by atoms with E-state index < -0.39 is 0 Å². The normalized spacial score (nSPS) is 12.1. The van der Waals surface area contributed by atoms with Gasteiger partial charge in [0.05, 0.1) is 22.3 Å². The van der Waals surface area contributed by atoms with Crippen molar-refractivity contribution in [2.24, 2.45) is 0 Å². The van der Waals surface area contributed by atoms with Crippen LogP contribution in [0.2, 0.25) is 0 Å². The van der Waals surface area contributed by atoms with E-state index in [1.807, 2.05) is 39.0 Å². The van der Waals surface area contributed by atoms with Gasteiger partial charge in [-0.25, -0.2) is 14.1 Å². The minimum Gasteiger partial charge on any atom is -0.350 e. The van der Waals surface area contributed by atoms with Gasteiger partial charge in [-0.1, -0.05) is 36.4 Å². The van der Waals surface area contributed by atoms with Crippen molar-refractivity contribution in [1.82, 2.24) is 20.1 Å². The first-order valence-electron chi connectivity index (χ1n) is 10.4. The zero-order chi connectivity index (χ0) is 22.0. The highest BCUT2D eigenvalue weighted by Crippen LogP contribution is 2.25. The smallest absolute Gasteiger partial charge is 0.252 e. The molecule has 0 saturated heterocycles. The summed E-state index contributed by atoms with van der Waals surface area (Å²) in [5, 5.41) is 8.34. The molecule has 0 fully saturated rings. The lowest BCUT2D eigenvalue weighted by Gasteiger charge is -2.15. The first kappa shape index (κ1) is 20.7. The average molecular weight is 417 g/mol. The van der Waals surface area contributed by atoms with Crippen LogP contribution in [0.1, 0.15) is 40.7 Å². The lowest BCUT2D eigenvalue weighted by molar-refractivity contribution is 0.0940. The minimum absolute atomic E-state index is 0.00907. The van der Waals surface area contributed by atoms with Gasteiger partial charge >= 0.3 is 0 Å². The van der Waals surface area contributed by atoms with Gasteiger partial charge in [-0.3, -0.25) is 4.79 Å². The Hall–Kier alpha value is -3.54. The van der Waals surface area contributed by atoms with E-state index in [1.165, 1.54) is 17.7 Å². The lowest BCUT2D eigenvalue weighted by Crippen LogP contribution is -2.33. The molecule has 4 aromatic rings. The van der Waals surface area contributed by atoms with Crippen molar-refractivity contribution >= 4 is 16.9 Å². The van der Waals surface area contributed by atoms with Crippen LogP contribution in [0.15, 0.2) is 60.7 Å². The third kappa shape index (κ3) is 4.48. The first-order valence-corrected chi connectivity index (χ1v) is 10.4. The number of halogens is 1. The molecule has 2 aromatic carbocycles. The molecule has 0 spiro atoms. The average Bonchev–Trinajstić information content (AvgIpc) is 3.08. The van der Waals surface area contributed by atoms with Crippen molar-refractivity contribution in [2.75, 3.05) is 0 Å². The Kier molecular flexibility index (Phi) is 5.80. The molecule has 0 aliphatic carbocycles. The molecule has 0 aliphatic rings. The first-order chi connectivity index (χ1) is 14.9. The molecule has 2 heterocycles. The number of amides is 1. The lowest BCUT2D eigenvalue weighted by atomic mass is 10.0. The topological polar surface area (TPSA) is 59.8 Å². The molecule has 31 heavy (non-hydrogen) atoms. The highest BCUT2D eigenvalue weighted by Gasteiger charge is 2.20. The van der Waals surface area contributed by atoms with Crippen LogP contribution >= 0.6 is 0 Å². The van der Waals surface area contributed by atoms with Crippen molar-refractivity contribution < 1.29 is 9.18 Å². The van der Waals surface area contributed by atoms with Crippen molar-refractivity contribution in [2.45, 2.75) is 39.7 Å². The van der Waals surface area contributed by atoms with E-state index in [9.17, 15) is 9.18 Å². The zero-order valence-electron chi connectivity index (χ0n) is 17.9. The van der Waals surface area contributed by atoms with E-state index in [0.29, 0.717) is 33.7 Å². The maximum Gasteiger partial charge on any atom is 0.252 e. The summed E-state index contributed by atoms with van der Waals surface area (Å²) in [6.45, 7) is 5.69. The molecule has 2 aromatic heterocycles. The van der Waals surface area contributed by atoms with Crippen LogP contribution in [0.3, 0.4) is 0 Å². The monoisotopic (exact) mass is 416 g/mol. The number of aromatic nitrogens is 3. The van der Waals surface area contributed by atoms with E-state index in [2.05, 4.69) is 27.5 Å². The molecule has 0 aliphatic heterocycles. The molecular formula is C25H25FN4O. The third-order valence-corrected chi connectivity index (χ3v) is 5.32. The fourth-order valence-electron chi connectivity index (χ4n) is 3.78. The predicted molar refractivity (Wildman–Crippen MR) is 120 cm³/mol. The van der Waals surface area contributed by atoms with Crippen LogP contribution in [0, 0.1) is 19.7 Å². The van der Waals surface area contributed by atoms with Gasteiger partial charge in [0.2, 0.25) is 0 Å². The molecule has 1 N–H and O–H groups in total. The van der Waals surface area contributed by atoms with Crippen molar-refractivity contribution in [1.29, 1.82) is 0 Å². The van der Waals surface area contributed by atoms with Crippen LogP contribution in [0.5, 0.6) is 0 Å². The largest absolute Gasteiger partial charge is 0.350 e. The van der Waals surface area contributed by atoms with Crippen molar-refractivity contribution in [3.05, 3.63) is 89.0 Å². The number of hydrogen-bond donors (Lipinski definition) is 1. The quantitative estimate of drug-likeness (QED) is 0.485. The number of fused-ring (bicyclic) bond motifs is 1. The maximum absolute atomic E-state index is 13.8. The summed E-state index contributed by atoms with van der Waals surface area (Å²) in [7, 11) is 0.